The molecule has 5 heteroatoms. The highest BCUT2D eigenvalue weighted by atomic mass is 16.5. The molecule has 1 unspecified atom stereocenters. The Labute approximate surface area is 90.8 Å². The van der Waals surface area contributed by atoms with Crippen molar-refractivity contribution in [1.82, 2.24) is 20.3 Å². The van der Waals surface area contributed by atoms with Gasteiger partial charge >= 0.3 is 0 Å². The maximum atomic E-state index is 5.17. The fourth-order valence-corrected chi connectivity index (χ4v) is 1.61. The highest BCUT2D eigenvalue weighted by molar-refractivity contribution is 5.08. The van der Waals surface area contributed by atoms with Gasteiger partial charge in [-0.3, -0.25) is 0 Å². The number of hydrogen-bond acceptors (Lipinski definition) is 4. The lowest BCUT2D eigenvalue weighted by Gasteiger charge is -2.15. The molecule has 0 saturated carbocycles. The predicted octanol–water partition coefficient (Wildman–Crippen LogP) is 0.903. The summed E-state index contributed by atoms with van der Waals surface area (Å²) < 4.78 is 7.12. The van der Waals surface area contributed by atoms with Gasteiger partial charge in [-0.1, -0.05) is 12.1 Å². The van der Waals surface area contributed by atoms with Gasteiger partial charge in [0.2, 0.25) is 0 Å². The first-order chi connectivity index (χ1) is 7.24. The largest absolute Gasteiger partial charge is 0.382 e. The minimum atomic E-state index is 0.285. The average Bonchev–Trinajstić information content (AvgIpc) is 2.58. The van der Waals surface area contributed by atoms with Gasteiger partial charge in [0.15, 0.2) is 0 Å². The summed E-state index contributed by atoms with van der Waals surface area (Å²) in [5.74, 6) is 0. The van der Waals surface area contributed by atoms with Crippen molar-refractivity contribution in [3.63, 3.8) is 0 Å². The van der Waals surface area contributed by atoms with E-state index in [1.54, 1.807) is 7.11 Å². The van der Waals surface area contributed by atoms with E-state index >= 15 is 0 Å². The molecule has 0 aliphatic carbocycles. The van der Waals surface area contributed by atoms with Gasteiger partial charge in [0, 0.05) is 13.7 Å². The third-order valence-electron chi connectivity index (χ3n) is 2.54. The highest BCUT2D eigenvalue weighted by Crippen LogP contribution is 2.14. The van der Waals surface area contributed by atoms with E-state index in [-0.39, 0.29) is 6.04 Å². The van der Waals surface area contributed by atoms with Crippen LogP contribution in [0.25, 0.3) is 0 Å². The van der Waals surface area contributed by atoms with Gasteiger partial charge in [-0.05, 0) is 20.4 Å². The fraction of sp³-hybridized carbons (Fsp3) is 0.800. The summed E-state index contributed by atoms with van der Waals surface area (Å²) in [6, 6.07) is 0.285. The molecule has 0 amide bonds. The van der Waals surface area contributed by atoms with E-state index in [2.05, 4.69) is 22.6 Å². The third-order valence-corrected chi connectivity index (χ3v) is 2.54. The Hall–Kier alpha value is -0.940. The van der Waals surface area contributed by atoms with Crippen LogP contribution in [-0.4, -0.2) is 35.8 Å². The van der Waals surface area contributed by atoms with Gasteiger partial charge in [0.05, 0.1) is 24.0 Å². The first kappa shape index (κ1) is 12.1. The molecule has 0 saturated heterocycles. The van der Waals surface area contributed by atoms with Crippen LogP contribution in [0.5, 0.6) is 0 Å². The number of ether oxygens (including phenoxy) is 1. The first-order valence-electron chi connectivity index (χ1n) is 5.28. The number of nitrogens with zero attached hydrogens (tertiary/aromatic N) is 3. The summed E-state index contributed by atoms with van der Waals surface area (Å²) in [5, 5.41) is 11.4. The molecule has 1 aromatic rings. The molecule has 1 rings (SSSR count). The monoisotopic (exact) mass is 212 g/mol. The minimum absolute atomic E-state index is 0.285. The van der Waals surface area contributed by atoms with E-state index in [4.69, 9.17) is 4.74 Å². The maximum absolute atomic E-state index is 5.17. The number of rotatable bonds is 6. The van der Waals surface area contributed by atoms with Crippen molar-refractivity contribution in [2.75, 3.05) is 20.8 Å². The Morgan fingerprint density at radius 3 is 2.80 bits per heavy atom. The molecular weight excluding hydrogens is 192 g/mol. The SMILES string of the molecule is CCC(COC)n1nnc(CNC)c1C. The van der Waals surface area contributed by atoms with Gasteiger partial charge in [0.1, 0.15) is 0 Å². The smallest absolute Gasteiger partial charge is 0.0993 e. The Bertz CT molecular complexity index is 298. The van der Waals surface area contributed by atoms with Crippen molar-refractivity contribution in [2.24, 2.45) is 0 Å². The van der Waals surface area contributed by atoms with Crippen LogP contribution in [0.4, 0.5) is 0 Å². The summed E-state index contributed by atoms with van der Waals surface area (Å²) in [7, 11) is 3.62. The lowest BCUT2D eigenvalue weighted by Crippen LogP contribution is -2.17. The molecule has 0 aliphatic heterocycles. The predicted molar refractivity (Wildman–Crippen MR) is 58.7 cm³/mol. The molecule has 0 aromatic carbocycles. The Morgan fingerprint density at radius 2 is 2.27 bits per heavy atom. The summed E-state index contributed by atoms with van der Waals surface area (Å²) in [4.78, 5) is 0. The van der Waals surface area contributed by atoms with E-state index in [9.17, 15) is 0 Å². The number of aromatic nitrogens is 3. The summed E-state index contributed by atoms with van der Waals surface area (Å²) in [6.45, 7) is 5.61. The van der Waals surface area contributed by atoms with Crippen LogP contribution in [0.1, 0.15) is 30.8 Å². The van der Waals surface area contributed by atoms with Gasteiger partial charge in [-0.25, -0.2) is 4.68 Å². The molecule has 0 radical (unpaired) electrons. The zero-order valence-electron chi connectivity index (χ0n) is 9.95. The quantitative estimate of drug-likeness (QED) is 0.761. The van der Waals surface area contributed by atoms with Crippen LogP contribution in [0.15, 0.2) is 0 Å². The second-order valence-corrected chi connectivity index (χ2v) is 3.61. The normalized spacial score (nSPS) is 13.1. The van der Waals surface area contributed by atoms with Crippen LogP contribution in [-0.2, 0) is 11.3 Å². The van der Waals surface area contributed by atoms with Crippen LogP contribution < -0.4 is 5.32 Å². The molecule has 0 bridgehead atoms. The lowest BCUT2D eigenvalue weighted by molar-refractivity contribution is 0.145. The first-order valence-corrected chi connectivity index (χ1v) is 5.28. The number of methoxy groups -OCH3 is 1. The summed E-state index contributed by atoms with van der Waals surface area (Å²) in [6.07, 6.45) is 0.997. The molecule has 1 heterocycles. The second-order valence-electron chi connectivity index (χ2n) is 3.61. The molecule has 86 valence electrons. The van der Waals surface area contributed by atoms with Crippen molar-refractivity contribution in [2.45, 2.75) is 32.9 Å². The zero-order chi connectivity index (χ0) is 11.3. The van der Waals surface area contributed by atoms with Crippen molar-refractivity contribution in [1.29, 1.82) is 0 Å². The van der Waals surface area contributed by atoms with Gasteiger partial charge in [0.25, 0.3) is 0 Å². The third kappa shape index (κ3) is 2.76. The fourth-order valence-electron chi connectivity index (χ4n) is 1.61. The second kappa shape index (κ2) is 5.82. The van der Waals surface area contributed by atoms with E-state index in [1.165, 1.54) is 0 Å². The van der Waals surface area contributed by atoms with E-state index in [0.717, 1.165) is 24.4 Å². The van der Waals surface area contributed by atoms with Crippen LogP contribution in [0, 0.1) is 6.92 Å². The molecule has 1 N–H and O–H groups in total. The molecule has 0 spiro atoms. The molecule has 1 aromatic heterocycles. The number of nitrogens with one attached hydrogen (secondary N) is 1. The summed E-state index contributed by atoms with van der Waals surface area (Å²) >= 11 is 0. The zero-order valence-corrected chi connectivity index (χ0v) is 9.95. The molecule has 0 aliphatic rings. The van der Waals surface area contributed by atoms with E-state index in [0.29, 0.717) is 6.61 Å². The van der Waals surface area contributed by atoms with Crippen LogP contribution >= 0.6 is 0 Å². The van der Waals surface area contributed by atoms with Crippen molar-refractivity contribution in [3.05, 3.63) is 11.4 Å². The van der Waals surface area contributed by atoms with E-state index < -0.39 is 0 Å². The molecular formula is C10H20N4O. The van der Waals surface area contributed by atoms with Crippen LogP contribution in [0.2, 0.25) is 0 Å². The van der Waals surface area contributed by atoms with Crippen molar-refractivity contribution < 1.29 is 4.74 Å². The maximum Gasteiger partial charge on any atom is 0.0993 e. The molecule has 5 nitrogen and oxygen atoms in total. The van der Waals surface area contributed by atoms with Gasteiger partial charge in [-0.2, -0.15) is 0 Å². The Morgan fingerprint density at radius 1 is 1.53 bits per heavy atom. The van der Waals surface area contributed by atoms with Gasteiger partial charge < -0.3 is 10.1 Å². The minimum Gasteiger partial charge on any atom is -0.382 e. The van der Waals surface area contributed by atoms with Crippen molar-refractivity contribution in [3.8, 4) is 0 Å². The topological polar surface area (TPSA) is 52.0 Å². The highest BCUT2D eigenvalue weighted by Gasteiger charge is 2.15. The molecule has 1 atom stereocenters. The molecule has 15 heavy (non-hydrogen) atoms. The van der Waals surface area contributed by atoms with Gasteiger partial charge in [-0.15, -0.1) is 5.10 Å². The standard InChI is InChI=1S/C10H20N4O/c1-5-9(7-15-4)14-8(2)10(6-11-3)12-13-14/h9,11H,5-7H2,1-4H3. The number of hydrogen-bond donors (Lipinski definition) is 1. The Kier molecular flexibility index (Phi) is 4.71. The summed E-state index contributed by atoms with van der Waals surface area (Å²) in [5.41, 5.74) is 2.13. The average molecular weight is 212 g/mol. The lowest BCUT2D eigenvalue weighted by atomic mass is 10.2. The van der Waals surface area contributed by atoms with Crippen molar-refractivity contribution >= 4 is 0 Å². The van der Waals surface area contributed by atoms with E-state index in [1.807, 2.05) is 18.7 Å². The molecule has 0 fully saturated rings. The Balaban J connectivity index is 2.83. The van der Waals surface area contributed by atoms with Crippen LogP contribution in [0.3, 0.4) is 0 Å².